The number of benzene rings is 1. The van der Waals surface area contributed by atoms with Gasteiger partial charge in [-0.05, 0) is 36.7 Å². The third-order valence-corrected chi connectivity index (χ3v) is 3.61. The Balaban J connectivity index is 1.93. The minimum absolute atomic E-state index is 0.0207. The molecule has 1 heterocycles. The smallest absolute Gasteiger partial charge is 0.229 e. The molecule has 2 unspecified atom stereocenters. The van der Waals surface area contributed by atoms with E-state index in [9.17, 15) is 9.59 Å². The molecule has 2 atom stereocenters. The van der Waals surface area contributed by atoms with E-state index >= 15 is 0 Å². The molecule has 1 aromatic carbocycles. The lowest BCUT2D eigenvalue weighted by atomic mass is 9.97. The van der Waals surface area contributed by atoms with Crippen LogP contribution in [-0.2, 0) is 9.59 Å². The molecule has 2 rings (SSSR count). The summed E-state index contributed by atoms with van der Waals surface area (Å²) in [5.74, 6) is 0.410. The van der Waals surface area contributed by atoms with Gasteiger partial charge in [0.05, 0.1) is 5.92 Å². The van der Waals surface area contributed by atoms with Gasteiger partial charge in [-0.1, -0.05) is 13.8 Å². The van der Waals surface area contributed by atoms with Gasteiger partial charge in [0.2, 0.25) is 11.8 Å². The van der Waals surface area contributed by atoms with E-state index in [2.05, 4.69) is 22.9 Å². The molecule has 5 heteroatoms. The van der Waals surface area contributed by atoms with Crippen molar-refractivity contribution in [2.24, 2.45) is 11.8 Å². The van der Waals surface area contributed by atoms with Crippen LogP contribution in [0.3, 0.4) is 0 Å². The van der Waals surface area contributed by atoms with Crippen LogP contribution in [0.15, 0.2) is 24.3 Å². The molecule has 108 valence electrons. The van der Waals surface area contributed by atoms with Gasteiger partial charge in [0.15, 0.2) is 0 Å². The lowest BCUT2D eigenvalue weighted by molar-refractivity contribution is -0.120. The number of rotatable bonds is 4. The fraction of sp³-hybridized carbons (Fsp3) is 0.467. The second-order valence-corrected chi connectivity index (χ2v) is 5.21. The third kappa shape index (κ3) is 3.57. The number of nitrogens with one attached hydrogen (secondary N) is 3. The Hall–Kier alpha value is -1.88. The van der Waals surface area contributed by atoms with Crippen molar-refractivity contribution >= 4 is 23.2 Å². The van der Waals surface area contributed by atoms with Crippen LogP contribution in [0.4, 0.5) is 11.4 Å². The van der Waals surface area contributed by atoms with Gasteiger partial charge in [-0.2, -0.15) is 0 Å². The van der Waals surface area contributed by atoms with Gasteiger partial charge in [0.25, 0.3) is 0 Å². The largest absolute Gasteiger partial charge is 0.326 e. The van der Waals surface area contributed by atoms with Crippen LogP contribution in [0.25, 0.3) is 0 Å². The standard InChI is InChI=1S/C15H21N3O2/c1-3-14(19)17-11-4-6-12(7-5-11)18-15(20)13-9-16-8-10(13)2/h4-7,10,13,16H,3,8-9H2,1-2H3,(H,17,19)(H,18,20). The van der Waals surface area contributed by atoms with Crippen LogP contribution >= 0.6 is 0 Å². The van der Waals surface area contributed by atoms with Crippen molar-refractivity contribution in [2.75, 3.05) is 23.7 Å². The van der Waals surface area contributed by atoms with Crippen LogP contribution in [0.5, 0.6) is 0 Å². The van der Waals surface area contributed by atoms with Crippen LogP contribution < -0.4 is 16.0 Å². The Morgan fingerprint density at radius 1 is 1.15 bits per heavy atom. The maximum atomic E-state index is 12.1. The molecule has 1 aliphatic rings. The molecule has 0 aliphatic carbocycles. The summed E-state index contributed by atoms with van der Waals surface area (Å²) < 4.78 is 0. The Labute approximate surface area is 119 Å². The highest BCUT2D eigenvalue weighted by molar-refractivity contribution is 5.94. The quantitative estimate of drug-likeness (QED) is 0.785. The van der Waals surface area contributed by atoms with Crippen molar-refractivity contribution < 1.29 is 9.59 Å². The van der Waals surface area contributed by atoms with E-state index in [0.717, 1.165) is 24.5 Å². The van der Waals surface area contributed by atoms with Gasteiger partial charge in [-0.15, -0.1) is 0 Å². The summed E-state index contributed by atoms with van der Waals surface area (Å²) in [6.45, 7) is 5.51. The average Bonchev–Trinajstić information content (AvgIpc) is 2.87. The molecule has 3 N–H and O–H groups in total. The van der Waals surface area contributed by atoms with Crippen LogP contribution in [0, 0.1) is 11.8 Å². The summed E-state index contributed by atoms with van der Waals surface area (Å²) in [5.41, 5.74) is 1.49. The van der Waals surface area contributed by atoms with E-state index in [4.69, 9.17) is 0 Å². The van der Waals surface area contributed by atoms with Gasteiger partial charge in [0.1, 0.15) is 0 Å². The predicted molar refractivity (Wildman–Crippen MR) is 79.5 cm³/mol. The molecule has 5 nitrogen and oxygen atoms in total. The maximum Gasteiger partial charge on any atom is 0.229 e. The van der Waals surface area contributed by atoms with Crippen molar-refractivity contribution in [1.82, 2.24) is 5.32 Å². The zero-order valence-electron chi connectivity index (χ0n) is 11.9. The molecule has 0 bridgehead atoms. The highest BCUT2D eigenvalue weighted by Crippen LogP contribution is 2.19. The number of hydrogen-bond donors (Lipinski definition) is 3. The van der Waals surface area contributed by atoms with Crippen molar-refractivity contribution in [3.63, 3.8) is 0 Å². The number of carbonyl (C=O) groups excluding carboxylic acids is 2. The van der Waals surface area contributed by atoms with E-state index in [1.54, 1.807) is 31.2 Å². The van der Waals surface area contributed by atoms with Crippen LogP contribution in [-0.4, -0.2) is 24.9 Å². The van der Waals surface area contributed by atoms with Crippen molar-refractivity contribution in [1.29, 1.82) is 0 Å². The Morgan fingerprint density at radius 2 is 1.75 bits per heavy atom. The van der Waals surface area contributed by atoms with Crippen LogP contribution in [0.1, 0.15) is 20.3 Å². The van der Waals surface area contributed by atoms with Crippen molar-refractivity contribution in [2.45, 2.75) is 20.3 Å². The first kappa shape index (κ1) is 14.5. The number of carbonyl (C=O) groups is 2. The molecule has 0 saturated carbocycles. The van der Waals surface area contributed by atoms with Crippen LogP contribution in [0.2, 0.25) is 0 Å². The lowest BCUT2D eigenvalue weighted by Gasteiger charge is -2.14. The molecule has 0 aromatic heterocycles. The zero-order chi connectivity index (χ0) is 14.5. The molecule has 1 aromatic rings. The highest BCUT2D eigenvalue weighted by Gasteiger charge is 2.29. The topological polar surface area (TPSA) is 70.2 Å². The van der Waals surface area contributed by atoms with Gasteiger partial charge >= 0.3 is 0 Å². The van der Waals surface area contributed by atoms with E-state index in [-0.39, 0.29) is 17.7 Å². The number of amides is 2. The Bertz CT molecular complexity index is 484. The Morgan fingerprint density at radius 3 is 2.25 bits per heavy atom. The average molecular weight is 275 g/mol. The first-order chi connectivity index (χ1) is 9.60. The highest BCUT2D eigenvalue weighted by atomic mass is 16.2. The second-order valence-electron chi connectivity index (χ2n) is 5.21. The molecule has 1 saturated heterocycles. The fourth-order valence-corrected chi connectivity index (χ4v) is 2.28. The van der Waals surface area contributed by atoms with E-state index in [0.29, 0.717) is 12.3 Å². The molecular weight excluding hydrogens is 254 g/mol. The molecule has 1 aliphatic heterocycles. The predicted octanol–water partition coefficient (Wildman–Crippen LogP) is 1.83. The fourth-order valence-electron chi connectivity index (χ4n) is 2.28. The minimum atomic E-state index is -0.0207. The van der Waals surface area contributed by atoms with Gasteiger partial charge < -0.3 is 16.0 Å². The van der Waals surface area contributed by atoms with Crippen molar-refractivity contribution in [3.05, 3.63) is 24.3 Å². The minimum Gasteiger partial charge on any atom is -0.326 e. The van der Waals surface area contributed by atoms with Crippen molar-refractivity contribution in [3.8, 4) is 0 Å². The monoisotopic (exact) mass is 275 g/mol. The normalized spacial score (nSPS) is 21.5. The van der Waals surface area contributed by atoms with Gasteiger partial charge in [0, 0.05) is 24.3 Å². The molecular formula is C15H21N3O2. The lowest BCUT2D eigenvalue weighted by Crippen LogP contribution is -2.27. The summed E-state index contributed by atoms with van der Waals surface area (Å²) in [4.78, 5) is 23.4. The molecule has 0 spiro atoms. The third-order valence-electron chi connectivity index (χ3n) is 3.61. The molecule has 0 radical (unpaired) electrons. The molecule has 20 heavy (non-hydrogen) atoms. The van der Waals surface area contributed by atoms with E-state index < -0.39 is 0 Å². The summed E-state index contributed by atoms with van der Waals surface area (Å²) in [7, 11) is 0. The molecule has 1 fully saturated rings. The zero-order valence-corrected chi connectivity index (χ0v) is 11.9. The van der Waals surface area contributed by atoms with E-state index in [1.807, 2.05) is 0 Å². The van der Waals surface area contributed by atoms with Gasteiger partial charge in [-0.3, -0.25) is 9.59 Å². The number of hydrogen-bond acceptors (Lipinski definition) is 3. The molecule has 2 amide bonds. The second kappa shape index (κ2) is 6.52. The maximum absolute atomic E-state index is 12.1. The summed E-state index contributed by atoms with van der Waals surface area (Å²) in [6.07, 6.45) is 0.449. The number of anilines is 2. The summed E-state index contributed by atoms with van der Waals surface area (Å²) >= 11 is 0. The summed E-state index contributed by atoms with van der Waals surface area (Å²) in [6, 6.07) is 7.19. The van der Waals surface area contributed by atoms with Gasteiger partial charge in [-0.25, -0.2) is 0 Å². The Kier molecular flexibility index (Phi) is 4.74. The SMILES string of the molecule is CCC(=O)Nc1ccc(NC(=O)C2CNCC2C)cc1. The summed E-state index contributed by atoms with van der Waals surface area (Å²) in [5, 5.41) is 8.91. The van der Waals surface area contributed by atoms with E-state index in [1.165, 1.54) is 0 Å². The first-order valence-corrected chi connectivity index (χ1v) is 7.01. The first-order valence-electron chi connectivity index (χ1n) is 7.01.